The fourth-order valence-electron chi connectivity index (χ4n) is 4.31. The number of hydrogen-bond acceptors (Lipinski definition) is 3. The van der Waals surface area contributed by atoms with Crippen LogP contribution in [0.2, 0.25) is 0 Å². The highest BCUT2D eigenvalue weighted by Crippen LogP contribution is 2.29. The lowest BCUT2D eigenvalue weighted by Crippen LogP contribution is -2.49. The van der Waals surface area contributed by atoms with Gasteiger partial charge < -0.3 is 9.80 Å². The number of benzene rings is 1. The fourth-order valence-corrected chi connectivity index (χ4v) is 4.31. The molecule has 0 radical (unpaired) electrons. The van der Waals surface area contributed by atoms with Crippen molar-refractivity contribution in [2.75, 3.05) is 31.1 Å². The summed E-state index contributed by atoms with van der Waals surface area (Å²) in [5.41, 5.74) is 0.500. The van der Waals surface area contributed by atoms with E-state index in [2.05, 4.69) is 9.88 Å². The fraction of sp³-hybridized carbons (Fsp3) is 0.524. The van der Waals surface area contributed by atoms with Crippen molar-refractivity contribution in [2.45, 2.75) is 38.5 Å². The Balaban J connectivity index is 1.35. The van der Waals surface area contributed by atoms with Gasteiger partial charge in [0.2, 0.25) is 11.9 Å². The first kappa shape index (κ1) is 18.0. The highest BCUT2D eigenvalue weighted by Gasteiger charge is 2.25. The summed E-state index contributed by atoms with van der Waals surface area (Å²) in [7, 11) is 0. The van der Waals surface area contributed by atoms with Crippen molar-refractivity contribution in [2.24, 2.45) is 5.92 Å². The number of halogens is 1. The maximum absolute atomic E-state index is 14.2. The average Bonchev–Trinajstić information content (AvgIpc) is 3.38. The van der Waals surface area contributed by atoms with Crippen LogP contribution in [0.4, 0.5) is 10.3 Å². The maximum atomic E-state index is 14.2. The van der Waals surface area contributed by atoms with Crippen LogP contribution in [-0.4, -0.2) is 46.5 Å². The van der Waals surface area contributed by atoms with Gasteiger partial charge in [-0.15, -0.1) is 0 Å². The van der Waals surface area contributed by atoms with Crippen LogP contribution in [0, 0.1) is 11.7 Å². The Morgan fingerprint density at radius 2 is 1.85 bits per heavy atom. The third kappa shape index (κ3) is 3.99. The third-order valence-corrected chi connectivity index (χ3v) is 5.89. The van der Waals surface area contributed by atoms with E-state index in [-0.39, 0.29) is 11.7 Å². The van der Waals surface area contributed by atoms with Gasteiger partial charge in [-0.05, 0) is 24.5 Å². The van der Waals surface area contributed by atoms with Crippen LogP contribution in [0.1, 0.15) is 38.5 Å². The number of carbonyl (C=O) groups is 1. The number of amides is 1. The molecule has 2 heterocycles. The largest absolute Gasteiger partial charge is 0.339 e. The summed E-state index contributed by atoms with van der Waals surface area (Å²) in [4.78, 5) is 21.1. The Bertz CT molecular complexity index is 776. The standard InChI is InChI=1S/C21H27FN4O/c22-18-7-3-4-8-19(18)26-12-11-23-21(26)25-15-13-24(14-16-25)20(27)10-9-17-5-1-2-6-17/h3-4,7-8,11-12,17H,1-2,5-6,9-10,13-16H2. The van der Waals surface area contributed by atoms with Gasteiger partial charge in [0, 0.05) is 45.0 Å². The molecule has 1 amide bonds. The van der Waals surface area contributed by atoms with Crippen molar-refractivity contribution in [3.8, 4) is 5.69 Å². The van der Waals surface area contributed by atoms with Crippen molar-refractivity contribution < 1.29 is 9.18 Å². The van der Waals surface area contributed by atoms with Gasteiger partial charge in [0.15, 0.2) is 0 Å². The van der Waals surface area contributed by atoms with Gasteiger partial charge in [-0.25, -0.2) is 9.37 Å². The number of rotatable bonds is 5. The van der Waals surface area contributed by atoms with Crippen LogP contribution in [0.25, 0.3) is 5.69 Å². The monoisotopic (exact) mass is 370 g/mol. The van der Waals surface area contributed by atoms with E-state index in [9.17, 15) is 9.18 Å². The second kappa shape index (κ2) is 8.11. The molecule has 1 saturated carbocycles. The normalized spacial score (nSPS) is 18.3. The third-order valence-electron chi connectivity index (χ3n) is 5.89. The van der Waals surface area contributed by atoms with Gasteiger partial charge in [0.25, 0.3) is 0 Å². The molecule has 1 aromatic heterocycles. The second-order valence-corrected chi connectivity index (χ2v) is 7.61. The molecule has 5 nitrogen and oxygen atoms in total. The topological polar surface area (TPSA) is 41.4 Å². The maximum Gasteiger partial charge on any atom is 0.222 e. The number of anilines is 1. The lowest BCUT2D eigenvalue weighted by molar-refractivity contribution is -0.131. The van der Waals surface area contributed by atoms with Crippen molar-refractivity contribution >= 4 is 11.9 Å². The lowest BCUT2D eigenvalue weighted by Gasteiger charge is -2.35. The summed E-state index contributed by atoms with van der Waals surface area (Å²) in [5.74, 6) is 1.50. The SMILES string of the molecule is O=C(CCC1CCCC1)N1CCN(c2nccn2-c2ccccc2F)CC1. The predicted octanol–water partition coefficient (Wildman–Crippen LogP) is 3.63. The van der Waals surface area contributed by atoms with Gasteiger partial charge in [0.1, 0.15) is 5.82 Å². The number of aromatic nitrogens is 2. The van der Waals surface area contributed by atoms with E-state index in [1.807, 2.05) is 11.0 Å². The molecule has 0 N–H and O–H groups in total. The smallest absolute Gasteiger partial charge is 0.222 e. The summed E-state index contributed by atoms with van der Waals surface area (Å²) in [6.07, 6.45) is 10.4. The molecule has 144 valence electrons. The predicted molar refractivity (Wildman–Crippen MR) is 104 cm³/mol. The molecule has 0 atom stereocenters. The average molecular weight is 370 g/mol. The van der Waals surface area contributed by atoms with Gasteiger partial charge in [-0.3, -0.25) is 9.36 Å². The zero-order valence-corrected chi connectivity index (χ0v) is 15.7. The Kier molecular flexibility index (Phi) is 5.41. The number of para-hydroxylation sites is 1. The number of nitrogens with zero attached hydrogens (tertiary/aromatic N) is 4. The first-order valence-corrected chi connectivity index (χ1v) is 10.0. The molecule has 2 fully saturated rings. The van der Waals surface area contributed by atoms with Gasteiger partial charge in [-0.1, -0.05) is 37.8 Å². The van der Waals surface area contributed by atoms with E-state index < -0.39 is 0 Å². The lowest BCUT2D eigenvalue weighted by atomic mass is 10.0. The molecule has 1 aliphatic heterocycles. The summed E-state index contributed by atoms with van der Waals surface area (Å²) in [5, 5.41) is 0. The van der Waals surface area contributed by atoms with Crippen LogP contribution < -0.4 is 4.90 Å². The number of piperazine rings is 1. The Morgan fingerprint density at radius 1 is 1.11 bits per heavy atom. The van der Waals surface area contributed by atoms with Crippen LogP contribution in [0.3, 0.4) is 0 Å². The first-order chi connectivity index (χ1) is 13.2. The Morgan fingerprint density at radius 3 is 2.59 bits per heavy atom. The number of hydrogen-bond donors (Lipinski definition) is 0. The van der Waals surface area contributed by atoms with E-state index in [0.29, 0.717) is 25.2 Å². The molecule has 0 spiro atoms. The summed E-state index contributed by atoms with van der Waals surface area (Å²) in [6.45, 7) is 2.85. The Labute approximate surface area is 159 Å². The van der Waals surface area contributed by atoms with E-state index in [4.69, 9.17) is 0 Å². The van der Waals surface area contributed by atoms with Crippen molar-refractivity contribution in [1.29, 1.82) is 0 Å². The van der Waals surface area contributed by atoms with Gasteiger partial charge >= 0.3 is 0 Å². The Hall–Kier alpha value is -2.37. The minimum absolute atomic E-state index is 0.266. The minimum Gasteiger partial charge on any atom is -0.339 e. The van der Waals surface area contributed by atoms with E-state index >= 15 is 0 Å². The van der Waals surface area contributed by atoms with Crippen LogP contribution in [0.5, 0.6) is 0 Å². The molecule has 4 rings (SSSR count). The van der Waals surface area contributed by atoms with Crippen molar-refractivity contribution in [3.63, 3.8) is 0 Å². The molecular weight excluding hydrogens is 343 g/mol. The molecule has 2 aliphatic rings. The second-order valence-electron chi connectivity index (χ2n) is 7.61. The van der Waals surface area contributed by atoms with E-state index in [1.165, 1.54) is 31.7 Å². The van der Waals surface area contributed by atoms with E-state index in [0.717, 1.165) is 31.4 Å². The molecule has 2 aromatic rings. The van der Waals surface area contributed by atoms with E-state index in [1.54, 1.807) is 29.1 Å². The number of carbonyl (C=O) groups excluding carboxylic acids is 1. The summed E-state index contributed by atoms with van der Waals surface area (Å²) < 4.78 is 15.9. The summed E-state index contributed by atoms with van der Waals surface area (Å²) in [6, 6.07) is 6.72. The van der Waals surface area contributed by atoms with Crippen molar-refractivity contribution in [1.82, 2.24) is 14.5 Å². The number of imidazole rings is 1. The van der Waals surface area contributed by atoms with Crippen LogP contribution in [0.15, 0.2) is 36.7 Å². The molecule has 1 saturated heterocycles. The molecule has 0 bridgehead atoms. The van der Waals surface area contributed by atoms with Crippen molar-refractivity contribution in [3.05, 3.63) is 42.5 Å². The molecule has 6 heteroatoms. The first-order valence-electron chi connectivity index (χ1n) is 10.0. The van der Waals surface area contributed by atoms with Gasteiger partial charge in [-0.2, -0.15) is 0 Å². The molecule has 1 aromatic carbocycles. The molecule has 27 heavy (non-hydrogen) atoms. The van der Waals surface area contributed by atoms with Crippen LogP contribution in [-0.2, 0) is 4.79 Å². The molecular formula is C21H27FN4O. The summed E-state index contributed by atoms with van der Waals surface area (Å²) >= 11 is 0. The molecule has 1 aliphatic carbocycles. The van der Waals surface area contributed by atoms with Crippen LogP contribution >= 0.6 is 0 Å². The minimum atomic E-state index is -0.266. The quantitative estimate of drug-likeness (QED) is 0.807. The van der Waals surface area contributed by atoms with Gasteiger partial charge in [0.05, 0.1) is 5.69 Å². The zero-order chi connectivity index (χ0) is 18.6. The zero-order valence-electron chi connectivity index (χ0n) is 15.7. The highest BCUT2D eigenvalue weighted by atomic mass is 19.1. The molecule has 0 unspecified atom stereocenters. The highest BCUT2D eigenvalue weighted by molar-refractivity contribution is 5.76.